The van der Waals surface area contributed by atoms with Crippen LogP contribution in [0.1, 0.15) is 10.4 Å². The summed E-state index contributed by atoms with van der Waals surface area (Å²) in [6, 6.07) is 21.9. The predicted octanol–water partition coefficient (Wildman–Crippen LogP) is 4.85. The Morgan fingerprint density at radius 1 is 0.708 bits per heavy atom. The number of hydrogen-bond donors (Lipinski definition) is 0. The molecule has 0 bridgehead atoms. The maximum atomic E-state index is 11.3. The highest BCUT2D eigenvalue weighted by Gasteiger charge is 2.12. The van der Waals surface area contributed by atoms with E-state index in [0.717, 1.165) is 23.0 Å². The summed E-state index contributed by atoms with van der Waals surface area (Å²) in [6.45, 7) is 0. The van der Waals surface area contributed by atoms with Gasteiger partial charge in [0.15, 0.2) is 6.29 Å². The van der Waals surface area contributed by atoms with Gasteiger partial charge < -0.3 is 9.47 Å². The first kappa shape index (κ1) is 15.8. The molecule has 0 aliphatic carbocycles. The fraction of sp³-hybridized carbons (Fsp3) is 0.0952. The molecule has 0 saturated carbocycles. The molecular formula is C21H18O3. The molecule has 0 fully saturated rings. The molecule has 3 nitrogen and oxygen atoms in total. The van der Waals surface area contributed by atoms with Crippen LogP contribution in [-0.4, -0.2) is 20.5 Å². The lowest BCUT2D eigenvalue weighted by molar-refractivity contribution is 0.112. The number of ether oxygens (including phenoxy) is 2. The van der Waals surface area contributed by atoms with Crippen LogP contribution in [0, 0.1) is 0 Å². The third kappa shape index (κ3) is 3.01. The van der Waals surface area contributed by atoms with Crippen molar-refractivity contribution in [2.75, 3.05) is 14.2 Å². The van der Waals surface area contributed by atoms with Crippen LogP contribution in [0.25, 0.3) is 22.3 Å². The van der Waals surface area contributed by atoms with E-state index in [4.69, 9.17) is 9.47 Å². The highest BCUT2D eigenvalue weighted by atomic mass is 16.5. The Morgan fingerprint density at radius 2 is 1.29 bits per heavy atom. The van der Waals surface area contributed by atoms with Crippen LogP contribution in [0.3, 0.4) is 0 Å². The van der Waals surface area contributed by atoms with Gasteiger partial charge in [0.2, 0.25) is 0 Å². The van der Waals surface area contributed by atoms with Crippen LogP contribution in [0.2, 0.25) is 0 Å². The van der Waals surface area contributed by atoms with Crippen LogP contribution in [0.15, 0.2) is 66.7 Å². The summed E-state index contributed by atoms with van der Waals surface area (Å²) in [5, 5.41) is 0. The molecule has 0 heterocycles. The third-order valence-electron chi connectivity index (χ3n) is 3.98. The zero-order valence-electron chi connectivity index (χ0n) is 13.7. The molecule has 3 rings (SSSR count). The Morgan fingerprint density at radius 3 is 1.88 bits per heavy atom. The summed E-state index contributed by atoms with van der Waals surface area (Å²) in [5.74, 6) is 1.18. The standard InChI is InChI=1S/C21H18O3/c1-23-20-13-21(24-2)19(12-18(20)14-22)17-10-8-16(9-11-17)15-6-4-3-5-7-15/h3-14H,1-2H3. The van der Waals surface area contributed by atoms with Crippen molar-refractivity contribution in [2.45, 2.75) is 0 Å². The van der Waals surface area contributed by atoms with Crippen molar-refractivity contribution < 1.29 is 14.3 Å². The number of hydrogen-bond acceptors (Lipinski definition) is 3. The van der Waals surface area contributed by atoms with E-state index in [1.165, 1.54) is 12.7 Å². The summed E-state index contributed by atoms with van der Waals surface area (Å²) in [7, 11) is 3.15. The van der Waals surface area contributed by atoms with E-state index in [1.54, 1.807) is 19.2 Å². The van der Waals surface area contributed by atoms with E-state index in [9.17, 15) is 4.79 Å². The third-order valence-corrected chi connectivity index (χ3v) is 3.98. The van der Waals surface area contributed by atoms with Crippen LogP contribution in [0.4, 0.5) is 0 Å². The Hall–Kier alpha value is -3.07. The molecule has 0 aromatic heterocycles. The number of carbonyl (C=O) groups is 1. The molecule has 0 aliphatic heterocycles. The lowest BCUT2D eigenvalue weighted by Crippen LogP contribution is -1.95. The molecular weight excluding hydrogens is 300 g/mol. The highest BCUT2D eigenvalue weighted by molar-refractivity contribution is 5.86. The van der Waals surface area contributed by atoms with Crippen LogP contribution >= 0.6 is 0 Å². The fourth-order valence-electron chi connectivity index (χ4n) is 2.71. The number of carbonyl (C=O) groups excluding carboxylic acids is 1. The largest absolute Gasteiger partial charge is 0.496 e. The molecule has 0 saturated heterocycles. The summed E-state index contributed by atoms with van der Waals surface area (Å²) in [6.07, 6.45) is 0.792. The van der Waals surface area contributed by atoms with E-state index in [-0.39, 0.29) is 0 Å². The molecule has 120 valence electrons. The maximum absolute atomic E-state index is 11.3. The average molecular weight is 318 g/mol. The van der Waals surface area contributed by atoms with Gasteiger partial charge >= 0.3 is 0 Å². The fourth-order valence-corrected chi connectivity index (χ4v) is 2.71. The molecule has 3 aromatic carbocycles. The normalized spacial score (nSPS) is 10.2. The van der Waals surface area contributed by atoms with E-state index in [0.29, 0.717) is 17.1 Å². The second kappa shape index (κ2) is 7.01. The van der Waals surface area contributed by atoms with Gasteiger partial charge in [0.05, 0.1) is 19.8 Å². The minimum atomic E-state index is 0.500. The van der Waals surface area contributed by atoms with Crippen LogP contribution in [-0.2, 0) is 0 Å². The van der Waals surface area contributed by atoms with Crippen molar-refractivity contribution in [1.82, 2.24) is 0 Å². The minimum Gasteiger partial charge on any atom is -0.496 e. The highest BCUT2D eigenvalue weighted by Crippen LogP contribution is 2.36. The van der Waals surface area contributed by atoms with Gasteiger partial charge in [-0.15, -0.1) is 0 Å². The Bertz CT molecular complexity index is 837. The zero-order chi connectivity index (χ0) is 16.9. The number of rotatable bonds is 5. The lowest BCUT2D eigenvalue weighted by atomic mass is 9.98. The number of benzene rings is 3. The minimum absolute atomic E-state index is 0.500. The van der Waals surface area contributed by atoms with Crippen molar-refractivity contribution in [3.8, 4) is 33.8 Å². The van der Waals surface area contributed by atoms with E-state index in [1.807, 2.05) is 30.3 Å². The van der Waals surface area contributed by atoms with E-state index >= 15 is 0 Å². The molecule has 0 spiro atoms. The van der Waals surface area contributed by atoms with Gasteiger partial charge in [-0.2, -0.15) is 0 Å². The van der Waals surface area contributed by atoms with Crippen molar-refractivity contribution >= 4 is 6.29 Å². The SMILES string of the molecule is COc1cc(OC)c(-c2ccc(-c3ccccc3)cc2)cc1C=O. The molecule has 0 amide bonds. The smallest absolute Gasteiger partial charge is 0.153 e. The number of aldehydes is 1. The molecule has 3 aromatic rings. The summed E-state index contributed by atoms with van der Waals surface area (Å²) < 4.78 is 10.7. The van der Waals surface area contributed by atoms with Crippen molar-refractivity contribution in [3.05, 3.63) is 72.3 Å². The quantitative estimate of drug-likeness (QED) is 0.631. The lowest BCUT2D eigenvalue weighted by Gasteiger charge is -2.13. The van der Waals surface area contributed by atoms with E-state index in [2.05, 4.69) is 24.3 Å². The Balaban J connectivity index is 2.04. The van der Waals surface area contributed by atoms with Gasteiger partial charge in [-0.05, 0) is 22.8 Å². The second-order valence-electron chi connectivity index (χ2n) is 5.36. The molecule has 0 radical (unpaired) electrons. The Labute approximate surface area is 141 Å². The van der Waals surface area contributed by atoms with Crippen molar-refractivity contribution in [2.24, 2.45) is 0 Å². The second-order valence-corrected chi connectivity index (χ2v) is 5.36. The molecule has 0 N–H and O–H groups in total. The first-order chi connectivity index (χ1) is 11.8. The predicted molar refractivity (Wildman–Crippen MR) is 95.8 cm³/mol. The maximum Gasteiger partial charge on any atom is 0.153 e. The summed E-state index contributed by atoms with van der Waals surface area (Å²) >= 11 is 0. The first-order valence-electron chi connectivity index (χ1n) is 7.64. The Kier molecular flexibility index (Phi) is 4.62. The van der Waals surface area contributed by atoms with Gasteiger partial charge in [0.1, 0.15) is 11.5 Å². The topological polar surface area (TPSA) is 35.5 Å². The molecule has 0 atom stereocenters. The first-order valence-corrected chi connectivity index (χ1v) is 7.64. The van der Waals surface area contributed by atoms with Crippen molar-refractivity contribution in [1.29, 1.82) is 0 Å². The van der Waals surface area contributed by atoms with Crippen LogP contribution < -0.4 is 9.47 Å². The summed E-state index contributed by atoms with van der Waals surface area (Å²) in [4.78, 5) is 11.3. The number of methoxy groups -OCH3 is 2. The van der Waals surface area contributed by atoms with Gasteiger partial charge in [0.25, 0.3) is 0 Å². The average Bonchev–Trinajstić information content (AvgIpc) is 2.67. The summed E-state index contributed by atoms with van der Waals surface area (Å²) in [5.41, 5.74) is 4.65. The van der Waals surface area contributed by atoms with Gasteiger partial charge in [-0.25, -0.2) is 0 Å². The monoisotopic (exact) mass is 318 g/mol. The molecule has 3 heteroatoms. The van der Waals surface area contributed by atoms with Crippen molar-refractivity contribution in [3.63, 3.8) is 0 Å². The zero-order valence-corrected chi connectivity index (χ0v) is 13.7. The van der Waals surface area contributed by atoms with Gasteiger partial charge in [0, 0.05) is 11.6 Å². The van der Waals surface area contributed by atoms with E-state index < -0.39 is 0 Å². The molecule has 0 aliphatic rings. The van der Waals surface area contributed by atoms with Crippen LogP contribution in [0.5, 0.6) is 11.5 Å². The van der Waals surface area contributed by atoms with Gasteiger partial charge in [-0.1, -0.05) is 54.6 Å². The molecule has 0 unspecified atom stereocenters. The van der Waals surface area contributed by atoms with Gasteiger partial charge in [-0.3, -0.25) is 4.79 Å². The molecule has 24 heavy (non-hydrogen) atoms.